The number of hydrogen-bond acceptors (Lipinski definition) is 5. The van der Waals surface area contributed by atoms with Crippen LogP contribution in [-0.2, 0) is 16.6 Å². The molecule has 3 rings (SSSR count). The fourth-order valence-corrected chi connectivity index (χ4v) is 3.85. The number of nitrogens with two attached hydrogens (primary N) is 1. The monoisotopic (exact) mass is 427 g/mol. The molecule has 1 aliphatic heterocycles. The third-order valence-corrected chi connectivity index (χ3v) is 5.95. The molecule has 1 saturated heterocycles. The normalized spacial score (nSPS) is 21.1. The predicted octanol–water partition coefficient (Wildman–Crippen LogP) is 1.60. The topological polar surface area (TPSA) is 113 Å². The molecule has 0 unspecified atom stereocenters. The summed E-state index contributed by atoms with van der Waals surface area (Å²) in [5, 5.41) is 17.3. The van der Waals surface area contributed by atoms with E-state index in [1.54, 1.807) is 10.9 Å². The van der Waals surface area contributed by atoms with Crippen LogP contribution >= 0.6 is 0 Å². The average molecular weight is 428 g/mol. The maximum absolute atomic E-state index is 13.0. The molecule has 0 bridgehead atoms. The second kappa shape index (κ2) is 8.80. The minimum atomic E-state index is -0.745. The smallest absolute Gasteiger partial charge is 0.243 e. The Morgan fingerprint density at radius 1 is 1.23 bits per heavy atom. The molecule has 1 aromatic carbocycles. The molecule has 4 N–H and O–H groups in total. The van der Waals surface area contributed by atoms with Crippen LogP contribution in [0.3, 0.4) is 0 Å². The first kappa shape index (κ1) is 23.0. The number of benzene rings is 1. The van der Waals surface area contributed by atoms with E-state index in [0.29, 0.717) is 0 Å². The molecular formula is C23H33N5O3. The average Bonchev–Trinajstić information content (AvgIpc) is 3.31. The minimum absolute atomic E-state index is 0.120. The van der Waals surface area contributed by atoms with Gasteiger partial charge in [-0.3, -0.25) is 14.3 Å². The van der Waals surface area contributed by atoms with Gasteiger partial charge in [-0.15, -0.1) is 0 Å². The molecule has 1 aliphatic rings. The van der Waals surface area contributed by atoms with Gasteiger partial charge in [0, 0.05) is 26.2 Å². The van der Waals surface area contributed by atoms with Gasteiger partial charge in [-0.2, -0.15) is 5.10 Å². The number of β-amino-alcohol motifs (C(OH)–C–C–N with tert-alkyl or cyclic N) is 1. The van der Waals surface area contributed by atoms with Crippen molar-refractivity contribution in [3.05, 3.63) is 42.1 Å². The van der Waals surface area contributed by atoms with Crippen LogP contribution in [0.15, 0.2) is 36.5 Å². The van der Waals surface area contributed by atoms with Crippen LogP contribution in [0.25, 0.3) is 11.3 Å². The highest BCUT2D eigenvalue weighted by atomic mass is 16.3. The fraction of sp³-hybridized carbons (Fsp3) is 0.522. The summed E-state index contributed by atoms with van der Waals surface area (Å²) in [6.07, 6.45) is 1.22. The number of aliphatic hydroxyl groups excluding tert-OH is 1. The van der Waals surface area contributed by atoms with E-state index in [2.05, 4.69) is 10.4 Å². The lowest BCUT2D eigenvalue weighted by molar-refractivity contribution is -0.141. The summed E-state index contributed by atoms with van der Waals surface area (Å²) in [6, 6.07) is 8.14. The van der Waals surface area contributed by atoms with Gasteiger partial charge in [-0.1, -0.05) is 45.0 Å². The fourth-order valence-electron chi connectivity index (χ4n) is 3.85. The summed E-state index contributed by atoms with van der Waals surface area (Å²) in [7, 11) is 1.89. The Hall–Kier alpha value is -2.71. The lowest BCUT2D eigenvalue weighted by Gasteiger charge is -2.32. The SMILES string of the molecule is C[C@H](NC(=O)[C@@H]1C[C@@H](O)CN1C(=O)[C@@H](N)C(C)(C)C)c1ccc(-c2ccnn2C)cc1. The van der Waals surface area contributed by atoms with Crippen molar-refractivity contribution in [1.82, 2.24) is 20.0 Å². The molecule has 31 heavy (non-hydrogen) atoms. The molecule has 2 heterocycles. The molecule has 8 nitrogen and oxygen atoms in total. The molecule has 1 fully saturated rings. The van der Waals surface area contributed by atoms with Gasteiger partial charge in [0.05, 0.1) is 23.9 Å². The zero-order chi connectivity index (χ0) is 22.9. The minimum Gasteiger partial charge on any atom is -0.391 e. The number of carbonyl (C=O) groups is 2. The number of aromatic nitrogens is 2. The molecule has 2 amide bonds. The Morgan fingerprint density at radius 2 is 1.87 bits per heavy atom. The number of nitrogens with zero attached hydrogens (tertiary/aromatic N) is 3. The number of aliphatic hydroxyl groups is 1. The van der Waals surface area contributed by atoms with Crippen molar-refractivity contribution >= 4 is 11.8 Å². The van der Waals surface area contributed by atoms with Crippen LogP contribution in [0.2, 0.25) is 0 Å². The van der Waals surface area contributed by atoms with Crippen molar-refractivity contribution in [2.24, 2.45) is 18.2 Å². The highest BCUT2D eigenvalue weighted by Gasteiger charge is 2.42. The number of rotatable bonds is 5. The van der Waals surface area contributed by atoms with Crippen molar-refractivity contribution in [3.63, 3.8) is 0 Å². The van der Waals surface area contributed by atoms with Crippen molar-refractivity contribution in [2.75, 3.05) is 6.54 Å². The van der Waals surface area contributed by atoms with E-state index in [1.165, 1.54) is 4.90 Å². The molecule has 0 radical (unpaired) electrons. The lowest BCUT2D eigenvalue weighted by atomic mass is 9.86. The number of likely N-dealkylation sites (tertiary alicyclic amines) is 1. The van der Waals surface area contributed by atoms with Crippen LogP contribution in [0.5, 0.6) is 0 Å². The maximum Gasteiger partial charge on any atom is 0.243 e. The molecule has 0 aliphatic carbocycles. The van der Waals surface area contributed by atoms with E-state index < -0.39 is 23.6 Å². The van der Waals surface area contributed by atoms with Gasteiger partial charge in [0.2, 0.25) is 11.8 Å². The van der Waals surface area contributed by atoms with Crippen LogP contribution < -0.4 is 11.1 Å². The number of amides is 2. The Bertz CT molecular complexity index is 931. The third kappa shape index (κ3) is 4.97. The third-order valence-electron chi connectivity index (χ3n) is 5.95. The largest absolute Gasteiger partial charge is 0.391 e. The number of hydrogen-bond donors (Lipinski definition) is 3. The van der Waals surface area contributed by atoms with E-state index in [9.17, 15) is 14.7 Å². The standard InChI is InChI=1S/C23H33N5O3/c1-14(15-6-8-16(9-7-15)18-10-11-25-27(18)5)26-21(30)19-12-17(29)13-28(19)22(31)20(24)23(2,3)4/h6-11,14,17,19-20,29H,12-13,24H2,1-5H3,(H,26,30)/t14-,17+,19-,20+/m0/s1. The number of carbonyl (C=O) groups excluding carboxylic acids is 2. The first-order chi connectivity index (χ1) is 14.5. The summed E-state index contributed by atoms with van der Waals surface area (Å²) < 4.78 is 1.81. The molecule has 4 atom stereocenters. The van der Waals surface area contributed by atoms with E-state index in [4.69, 9.17) is 5.73 Å². The Kier molecular flexibility index (Phi) is 6.52. The zero-order valence-electron chi connectivity index (χ0n) is 18.9. The van der Waals surface area contributed by atoms with Gasteiger partial charge in [0.1, 0.15) is 6.04 Å². The Balaban J connectivity index is 1.69. The molecule has 0 spiro atoms. The van der Waals surface area contributed by atoms with E-state index in [0.717, 1.165) is 16.8 Å². The van der Waals surface area contributed by atoms with Crippen LogP contribution in [-0.4, -0.2) is 56.3 Å². The van der Waals surface area contributed by atoms with Crippen LogP contribution in [0.1, 0.15) is 45.7 Å². The summed E-state index contributed by atoms with van der Waals surface area (Å²) in [5.41, 5.74) is 8.68. The van der Waals surface area contributed by atoms with Crippen molar-refractivity contribution in [2.45, 2.75) is 58.3 Å². The van der Waals surface area contributed by atoms with Gasteiger partial charge >= 0.3 is 0 Å². The summed E-state index contributed by atoms with van der Waals surface area (Å²) >= 11 is 0. The molecule has 168 valence electrons. The lowest BCUT2D eigenvalue weighted by Crippen LogP contribution is -2.55. The molecule has 0 saturated carbocycles. The van der Waals surface area contributed by atoms with Crippen molar-refractivity contribution < 1.29 is 14.7 Å². The van der Waals surface area contributed by atoms with Crippen molar-refractivity contribution in [1.29, 1.82) is 0 Å². The molecule has 8 heteroatoms. The number of aryl methyl sites for hydroxylation is 1. The highest BCUT2D eigenvalue weighted by Crippen LogP contribution is 2.26. The predicted molar refractivity (Wildman–Crippen MR) is 119 cm³/mol. The van der Waals surface area contributed by atoms with Gasteiger partial charge in [0.15, 0.2) is 0 Å². The van der Waals surface area contributed by atoms with Gasteiger partial charge in [-0.05, 0) is 29.5 Å². The van der Waals surface area contributed by atoms with E-state index >= 15 is 0 Å². The van der Waals surface area contributed by atoms with E-state index in [1.807, 2.05) is 65.1 Å². The van der Waals surface area contributed by atoms with Crippen LogP contribution in [0.4, 0.5) is 0 Å². The Morgan fingerprint density at radius 3 is 2.42 bits per heavy atom. The highest BCUT2D eigenvalue weighted by molar-refractivity contribution is 5.91. The van der Waals surface area contributed by atoms with Crippen molar-refractivity contribution in [3.8, 4) is 11.3 Å². The Labute approximate surface area is 183 Å². The quantitative estimate of drug-likeness (QED) is 0.671. The number of nitrogens with one attached hydrogen (secondary N) is 1. The summed E-state index contributed by atoms with van der Waals surface area (Å²) in [4.78, 5) is 27.3. The first-order valence-electron chi connectivity index (χ1n) is 10.6. The second-order valence-corrected chi connectivity index (χ2v) is 9.43. The molecule has 2 aromatic rings. The maximum atomic E-state index is 13.0. The first-order valence-corrected chi connectivity index (χ1v) is 10.6. The van der Waals surface area contributed by atoms with Crippen LogP contribution in [0, 0.1) is 5.41 Å². The summed E-state index contributed by atoms with van der Waals surface area (Å²) in [6.45, 7) is 7.67. The summed E-state index contributed by atoms with van der Waals surface area (Å²) in [5.74, 6) is -0.591. The van der Waals surface area contributed by atoms with E-state index in [-0.39, 0.29) is 30.8 Å². The van der Waals surface area contributed by atoms with Gasteiger partial charge in [0.25, 0.3) is 0 Å². The molecule has 1 aromatic heterocycles. The molecular weight excluding hydrogens is 394 g/mol. The zero-order valence-corrected chi connectivity index (χ0v) is 18.9. The second-order valence-electron chi connectivity index (χ2n) is 9.43. The van der Waals surface area contributed by atoms with Gasteiger partial charge < -0.3 is 21.1 Å². The van der Waals surface area contributed by atoms with Gasteiger partial charge in [-0.25, -0.2) is 0 Å².